The van der Waals surface area contributed by atoms with Crippen LogP contribution in [-0.4, -0.2) is 36.4 Å². The normalized spacial score (nSPS) is 15.8. The van der Waals surface area contributed by atoms with Gasteiger partial charge in [-0.3, -0.25) is 4.90 Å². The van der Waals surface area contributed by atoms with Gasteiger partial charge in [0, 0.05) is 19.7 Å². The van der Waals surface area contributed by atoms with Crippen molar-refractivity contribution >= 4 is 0 Å². The summed E-state index contributed by atoms with van der Waals surface area (Å²) in [6, 6.07) is 22.7. The van der Waals surface area contributed by atoms with Gasteiger partial charge in [0.1, 0.15) is 28.9 Å². The molecule has 5 nitrogen and oxygen atoms in total. The largest absolute Gasteiger partial charge is 0.497 e. The summed E-state index contributed by atoms with van der Waals surface area (Å²) in [5, 5.41) is 12.0. The van der Waals surface area contributed by atoms with Gasteiger partial charge in [0.25, 0.3) is 0 Å². The zero-order valence-electron chi connectivity index (χ0n) is 21.3. The van der Waals surface area contributed by atoms with Gasteiger partial charge in [-0.15, -0.1) is 0 Å². The predicted octanol–water partition coefficient (Wildman–Crippen LogP) is 6.03. The zero-order valence-corrected chi connectivity index (χ0v) is 21.3. The van der Waals surface area contributed by atoms with Crippen molar-refractivity contribution in [2.45, 2.75) is 37.6 Å². The Labute approximate surface area is 221 Å². The van der Waals surface area contributed by atoms with E-state index in [1.54, 1.807) is 31.4 Å². The van der Waals surface area contributed by atoms with E-state index in [9.17, 15) is 13.9 Å². The van der Waals surface area contributed by atoms with Gasteiger partial charge in [0.2, 0.25) is 0 Å². The van der Waals surface area contributed by atoms with Gasteiger partial charge in [0.05, 0.1) is 19.8 Å². The summed E-state index contributed by atoms with van der Waals surface area (Å²) in [6.45, 7) is 2.58. The van der Waals surface area contributed by atoms with E-state index in [1.165, 1.54) is 36.4 Å². The van der Waals surface area contributed by atoms with Crippen LogP contribution in [-0.2, 0) is 23.4 Å². The number of methoxy groups -OCH3 is 1. The average Bonchev–Trinajstić information content (AvgIpc) is 3.61. The molecular formula is C31H31F2NO4. The number of hydrogen-bond acceptors (Lipinski definition) is 5. The van der Waals surface area contributed by atoms with Crippen LogP contribution >= 0.6 is 0 Å². The van der Waals surface area contributed by atoms with E-state index in [1.807, 2.05) is 24.3 Å². The molecule has 1 saturated heterocycles. The van der Waals surface area contributed by atoms with Crippen LogP contribution in [0.5, 0.6) is 5.75 Å². The molecule has 0 aliphatic carbocycles. The molecule has 0 saturated carbocycles. The Bertz CT molecular complexity index is 1320. The Morgan fingerprint density at radius 3 is 2.26 bits per heavy atom. The highest BCUT2D eigenvalue weighted by molar-refractivity contribution is 5.44. The van der Waals surface area contributed by atoms with Crippen molar-refractivity contribution in [3.8, 4) is 5.75 Å². The summed E-state index contributed by atoms with van der Waals surface area (Å²) in [4.78, 5) is 2.23. The first-order valence-electron chi connectivity index (χ1n) is 12.7. The number of hydrogen-bond donors (Lipinski definition) is 1. The minimum atomic E-state index is -1.88. The van der Waals surface area contributed by atoms with Gasteiger partial charge in [-0.05, 0) is 78.1 Å². The molecule has 1 aliphatic rings. The second-order valence-corrected chi connectivity index (χ2v) is 9.65. The Morgan fingerprint density at radius 1 is 0.921 bits per heavy atom. The first kappa shape index (κ1) is 26.1. The molecule has 1 unspecified atom stereocenters. The van der Waals surface area contributed by atoms with Crippen molar-refractivity contribution in [3.63, 3.8) is 0 Å². The molecule has 38 heavy (non-hydrogen) atoms. The van der Waals surface area contributed by atoms with Crippen molar-refractivity contribution in [1.82, 2.24) is 4.90 Å². The van der Waals surface area contributed by atoms with Crippen molar-refractivity contribution in [3.05, 3.63) is 125 Å². The van der Waals surface area contributed by atoms with Gasteiger partial charge >= 0.3 is 0 Å². The minimum Gasteiger partial charge on any atom is -0.497 e. The monoisotopic (exact) mass is 519 g/mol. The molecule has 3 aromatic carbocycles. The van der Waals surface area contributed by atoms with E-state index >= 15 is 0 Å². The summed E-state index contributed by atoms with van der Waals surface area (Å²) >= 11 is 0. The smallest absolute Gasteiger partial charge is 0.173 e. The number of aliphatic hydroxyl groups is 1. The second-order valence-electron chi connectivity index (χ2n) is 9.65. The Hall–Kier alpha value is -3.52. The fourth-order valence-corrected chi connectivity index (χ4v) is 5.05. The molecule has 4 aromatic rings. The van der Waals surface area contributed by atoms with E-state index in [2.05, 4.69) is 4.90 Å². The van der Waals surface area contributed by atoms with Crippen molar-refractivity contribution in [2.24, 2.45) is 0 Å². The molecule has 0 amide bonds. The number of nitrogens with zero attached hydrogens (tertiary/aromatic N) is 1. The summed E-state index contributed by atoms with van der Waals surface area (Å²) < 4.78 is 45.9. The number of rotatable bonds is 10. The van der Waals surface area contributed by atoms with Crippen LogP contribution in [0.25, 0.3) is 0 Å². The molecule has 198 valence electrons. The molecule has 5 rings (SSSR count). The third kappa shape index (κ3) is 5.80. The lowest BCUT2D eigenvalue weighted by Crippen LogP contribution is -2.31. The molecule has 0 radical (unpaired) electrons. The Morgan fingerprint density at radius 2 is 1.63 bits per heavy atom. The molecule has 1 atom stereocenters. The molecule has 1 aliphatic heterocycles. The summed E-state index contributed by atoms with van der Waals surface area (Å²) in [5.74, 6) is 0.569. The molecule has 2 heterocycles. The number of ether oxygens (including phenoxy) is 2. The molecule has 0 bridgehead atoms. The van der Waals surface area contributed by atoms with Crippen molar-refractivity contribution < 1.29 is 27.8 Å². The third-order valence-corrected chi connectivity index (χ3v) is 6.91. The number of halogens is 2. The first-order chi connectivity index (χ1) is 18.4. The minimum absolute atomic E-state index is 0.131. The maximum atomic E-state index is 14.2. The maximum absolute atomic E-state index is 14.2. The van der Waals surface area contributed by atoms with Crippen LogP contribution in [0.3, 0.4) is 0 Å². The quantitative estimate of drug-likeness (QED) is 0.277. The highest BCUT2D eigenvalue weighted by Crippen LogP contribution is 2.38. The van der Waals surface area contributed by atoms with Gasteiger partial charge in [-0.25, -0.2) is 8.78 Å². The van der Waals surface area contributed by atoms with E-state index in [0.717, 1.165) is 30.8 Å². The summed E-state index contributed by atoms with van der Waals surface area (Å²) in [5.41, 5.74) is -0.299. The average molecular weight is 520 g/mol. The van der Waals surface area contributed by atoms with Crippen LogP contribution < -0.4 is 4.74 Å². The van der Waals surface area contributed by atoms with Crippen LogP contribution in [0.4, 0.5) is 8.78 Å². The number of furan rings is 1. The molecule has 0 spiro atoms. The maximum Gasteiger partial charge on any atom is 0.173 e. The standard InChI is InChI=1S/C31H31F2NO4/c1-36-27-11-2-6-22(16-27)19-34(20-28-12-5-15-37-28)21-29-13-14-30(38-29)31(35,23-7-3-9-25(32)17-23)24-8-4-10-26(33)18-24/h2-4,6-11,13-14,16-18,28,35H,5,12,15,19-21H2,1H3. The second kappa shape index (κ2) is 11.5. The Kier molecular flexibility index (Phi) is 7.88. The molecular weight excluding hydrogens is 488 g/mol. The fraction of sp³-hybridized carbons (Fsp3) is 0.290. The van der Waals surface area contributed by atoms with Crippen molar-refractivity contribution in [2.75, 3.05) is 20.3 Å². The highest BCUT2D eigenvalue weighted by atomic mass is 19.1. The third-order valence-electron chi connectivity index (χ3n) is 6.91. The molecule has 7 heteroatoms. The van der Waals surface area contributed by atoms with Crippen molar-refractivity contribution in [1.29, 1.82) is 0 Å². The van der Waals surface area contributed by atoms with Crippen LogP contribution in [0.1, 0.15) is 41.1 Å². The van der Waals surface area contributed by atoms with E-state index in [0.29, 0.717) is 25.4 Å². The predicted molar refractivity (Wildman–Crippen MR) is 140 cm³/mol. The van der Waals surface area contributed by atoms with E-state index in [-0.39, 0.29) is 23.0 Å². The van der Waals surface area contributed by atoms with Crippen LogP contribution in [0.2, 0.25) is 0 Å². The van der Waals surface area contributed by atoms with Gasteiger partial charge in [-0.2, -0.15) is 0 Å². The molecule has 1 fully saturated rings. The lowest BCUT2D eigenvalue weighted by molar-refractivity contribution is 0.0629. The Balaban J connectivity index is 1.46. The summed E-state index contributed by atoms with van der Waals surface area (Å²) in [6.07, 6.45) is 2.17. The van der Waals surface area contributed by atoms with E-state index < -0.39 is 17.2 Å². The van der Waals surface area contributed by atoms with Gasteiger partial charge in [0.15, 0.2) is 5.60 Å². The van der Waals surface area contributed by atoms with Gasteiger partial charge in [-0.1, -0.05) is 36.4 Å². The van der Waals surface area contributed by atoms with Crippen LogP contribution in [0, 0.1) is 11.6 Å². The fourth-order valence-electron chi connectivity index (χ4n) is 5.05. The number of benzene rings is 3. The topological polar surface area (TPSA) is 55.1 Å². The molecule has 1 N–H and O–H groups in total. The SMILES string of the molecule is COc1cccc(CN(Cc2ccc(C(O)(c3cccc(F)c3)c3cccc(F)c3)o2)CC2CCCO2)c1. The lowest BCUT2D eigenvalue weighted by Gasteiger charge is -2.28. The first-order valence-corrected chi connectivity index (χ1v) is 12.7. The lowest BCUT2D eigenvalue weighted by atomic mass is 9.84. The zero-order chi connectivity index (χ0) is 26.5. The molecule has 1 aromatic heterocycles. The van der Waals surface area contributed by atoms with Crippen LogP contribution in [0.15, 0.2) is 89.3 Å². The highest BCUT2D eigenvalue weighted by Gasteiger charge is 2.38. The van der Waals surface area contributed by atoms with E-state index in [4.69, 9.17) is 13.9 Å². The van der Waals surface area contributed by atoms with Gasteiger partial charge < -0.3 is 19.0 Å². The summed E-state index contributed by atoms with van der Waals surface area (Å²) in [7, 11) is 1.64.